The van der Waals surface area contributed by atoms with Crippen LogP contribution in [0.5, 0.6) is 6.01 Å². The van der Waals surface area contributed by atoms with Gasteiger partial charge in [-0.25, -0.2) is 9.18 Å². The Morgan fingerprint density at radius 3 is 2.44 bits per heavy atom. The van der Waals surface area contributed by atoms with Gasteiger partial charge in [0.1, 0.15) is 16.9 Å². The van der Waals surface area contributed by atoms with Gasteiger partial charge < -0.3 is 19.3 Å². The van der Waals surface area contributed by atoms with Gasteiger partial charge >= 0.3 is 12.1 Å². The van der Waals surface area contributed by atoms with E-state index in [1.54, 1.807) is 18.0 Å². The molecule has 0 saturated carbocycles. The maximum absolute atomic E-state index is 14.5. The van der Waals surface area contributed by atoms with Crippen LogP contribution in [0.25, 0.3) is 10.9 Å². The number of methoxy groups -OCH3 is 1. The molecule has 1 aliphatic rings. The lowest BCUT2D eigenvalue weighted by molar-refractivity contribution is 0.0240. The maximum Gasteiger partial charge on any atom is 0.410 e. The molecule has 2 aromatic heterocycles. The smallest absolute Gasteiger partial charge is 0.410 e. The third kappa shape index (κ3) is 4.01. The molecule has 1 aliphatic heterocycles. The van der Waals surface area contributed by atoms with Crippen molar-refractivity contribution in [2.45, 2.75) is 33.3 Å². The van der Waals surface area contributed by atoms with Gasteiger partial charge in [0.2, 0.25) is 0 Å². The third-order valence-corrected chi connectivity index (χ3v) is 4.23. The monoisotopic (exact) mass is 377 g/mol. The van der Waals surface area contributed by atoms with Crippen molar-refractivity contribution in [1.29, 1.82) is 0 Å². The number of rotatable bonds is 2. The van der Waals surface area contributed by atoms with E-state index in [1.807, 2.05) is 25.7 Å². The summed E-state index contributed by atoms with van der Waals surface area (Å²) in [6, 6.07) is 0.0940. The zero-order chi connectivity index (χ0) is 19.8. The molecular formula is C18H24FN5O3. The second-order valence-corrected chi connectivity index (χ2v) is 7.41. The lowest BCUT2D eigenvalue weighted by Crippen LogP contribution is -2.50. The van der Waals surface area contributed by atoms with Crippen LogP contribution >= 0.6 is 0 Å². The minimum Gasteiger partial charge on any atom is -0.467 e. The van der Waals surface area contributed by atoms with Gasteiger partial charge in [-0.3, -0.25) is 4.98 Å². The molecule has 0 radical (unpaired) electrons. The average molecular weight is 377 g/mol. The molecule has 1 fully saturated rings. The number of amides is 1. The number of piperazine rings is 1. The lowest BCUT2D eigenvalue weighted by atomic mass is 10.2. The second-order valence-electron chi connectivity index (χ2n) is 7.41. The summed E-state index contributed by atoms with van der Waals surface area (Å²) < 4.78 is 25.1. The number of carbonyl (C=O) groups is 1. The van der Waals surface area contributed by atoms with Crippen LogP contribution < -0.4 is 9.64 Å². The molecule has 0 unspecified atom stereocenters. The number of hydrogen-bond donors (Lipinski definition) is 0. The number of pyridine rings is 1. The summed E-state index contributed by atoms with van der Waals surface area (Å²) in [5.74, 6) is 0.0638. The van der Waals surface area contributed by atoms with Crippen molar-refractivity contribution < 1.29 is 18.7 Å². The van der Waals surface area contributed by atoms with Gasteiger partial charge in [0, 0.05) is 32.4 Å². The van der Waals surface area contributed by atoms with E-state index < -0.39 is 11.4 Å². The van der Waals surface area contributed by atoms with Gasteiger partial charge in [0.05, 0.1) is 18.2 Å². The molecule has 3 heterocycles. The fraction of sp³-hybridized carbons (Fsp3) is 0.556. The van der Waals surface area contributed by atoms with Crippen molar-refractivity contribution in [2.75, 3.05) is 38.2 Å². The molecule has 1 saturated heterocycles. The number of aryl methyl sites for hydroxylation is 1. The molecule has 3 rings (SSSR count). The van der Waals surface area contributed by atoms with E-state index in [-0.39, 0.29) is 23.3 Å². The molecule has 2 aromatic rings. The first-order chi connectivity index (χ1) is 12.7. The largest absolute Gasteiger partial charge is 0.467 e. The van der Waals surface area contributed by atoms with E-state index in [9.17, 15) is 9.18 Å². The fourth-order valence-corrected chi connectivity index (χ4v) is 2.87. The van der Waals surface area contributed by atoms with E-state index in [2.05, 4.69) is 15.0 Å². The Balaban J connectivity index is 1.85. The highest BCUT2D eigenvalue weighted by Gasteiger charge is 2.28. The Hall–Kier alpha value is -2.71. The van der Waals surface area contributed by atoms with Crippen molar-refractivity contribution in [1.82, 2.24) is 19.9 Å². The summed E-state index contributed by atoms with van der Waals surface area (Å²) in [6.07, 6.45) is 1.23. The molecular weight excluding hydrogens is 353 g/mol. The van der Waals surface area contributed by atoms with Crippen LogP contribution in [0.4, 0.5) is 15.0 Å². The summed E-state index contributed by atoms with van der Waals surface area (Å²) in [5, 5.41) is 0.518. The van der Waals surface area contributed by atoms with E-state index in [0.717, 1.165) is 0 Å². The van der Waals surface area contributed by atoms with Crippen molar-refractivity contribution in [3.8, 4) is 6.01 Å². The van der Waals surface area contributed by atoms with Crippen molar-refractivity contribution in [3.63, 3.8) is 0 Å². The van der Waals surface area contributed by atoms with Crippen LogP contribution in [0.2, 0.25) is 0 Å². The fourth-order valence-electron chi connectivity index (χ4n) is 2.87. The minimum atomic E-state index is -0.536. The number of nitrogens with zero attached hydrogens (tertiary/aromatic N) is 5. The Morgan fingerprint density at radius 1 is 1.19 bits per heavy atom. The number of anilines is 1. The summed E-state index contributed by atoms with van der Waals surface area (Å²) in [5.41, 5.74) is -0.0891. The highest BCUT2D eigenvalue weighted by molar-refractivity contribution is 5.90. The van der Waals surface area contributed by atoms with Gasteiger partial charge in [0.25, 0.3) is 0 Å². The van der Waals surface area contributed by atoms with Crippen LogP contribution in [0.15, 0.2) is 6.20 Å². The number of ether oxygens (including phenoxy) is 2. The first kappa shape index (κ1) is 19.1. The Labute approximate surface area is 157 Å². The van der Waals surface area contributed by atoms with E-state index in [0.29, 0.717) is 37.4 Å². The highest BCUT2D eigenvalue weighted by atomic mass is 19.1. The summed E-state index contributed by atoms with van der Waals surface area (Å²) >= 11 is 0. The van der Waals surface area contributed by atoms with Gasteiger partial charge in [0.15, 0.2) is 5.82 Å². The van der Waals surface area contributed by atoms with E-state index >= 15 is 0 Å². The van der Waals surface area contributed by atoms with E-state index in [1.165, 1.54) is 7.11 Å². The molecule has 146 valence electrons. The lowest BCUT2D eigenvalue weighted by Gasteiger charge is -2.36. The van der Waals surface area contributed by atoms with E-state index in [4.69, 9.17) is 9.47 Å². The average Bonchev–Trinajstić information content (AvgIpc) is 2.63. The molecule has 0 atom stereocenters. The first-order valence-corrected chi connectivity index (χ1v) is 8.79. The summed E-state index contributed by atoms with van der Waals surface area (Å²) in [6.45, 7) is 9.11. The molecule has 27 heavy (non-hydrogen) atoms. The van der Waals surface area contributed by atoms with Crippen LogP contribution in [0.1, 0.15) is 26.5 Å². The molecule has 0 aliphatic carbocycles. The number of aromatic nitrogens is 3. The number of hydrogen-bond acceptors (Lipinski definition) is 7. The molecule has 9 heteroatoms. The molecule has 1 amide bonds. The minimum absolute atomic E-state index is 0.0940. The Bertz CT molecular complexity index is 860. The molecule has 0 N–H and O–H groups in total. The van der Waals surface area contributed by atoms with Crippen molar-refractivity contribution >= 4 is 22.8 Å². The SMILES string of the molecule is COc1nc(N2CCN(C(=O)OC(C)(C)C)CC2)c2cnc(C)c(F)c2n1. The first-order valence-electron chi connectivity index (χ1n) is 8.79. The molecule has 0 spiro atoms. The van der Waals surface area contributed by atoms with Gasteiger partial charge in [-0.2, -0.15) is 9.97 Å². The van der Waals surface area contributed by atoms with Crippen LogP contribution in [-0.2, 0) is 4.74 Å². The van der Waals surface area contributed by atoms with Crippen molar-refractivity contribution in [2.24, 2.45) is 0 Å². The standard InChI is InChI=1S/C18H24FN5O3/c1-11-13(19)14-12(10-20-11)15(22-16(21-14)26-5)23-6-8-24(9-7-23)17(25)27-18(2,3)4/h10H,6-9H2,1-5H3. The maximum atomic E-state index is 14.5. The predicted molar refractivity (Wildman–Crippen MR) is 98.6 cm³/mol. The quantitative estimate of drug-likeness (QED) is 0.795. The predicted octanol–water partition coefficient (Wildman–Crippen LogP) is 2.54. The van der Waals surface area contributed by atoms with Crippen LogP contribution in [-0.4, -0.2) is 64.8 Å². The Kier molecular flexibility index (Phi) is 5.03. The Morgan fingerprint density at radius 2 is 1.85 bits per heavy atom. The summed E-state index contributed by atoms with van der Waals surface area (Å²) in [7, 11) is 1.44. The number of fused-ring (bicyclic) bond motifs is 1. The van der Waals surface area contributed by atoms with Crippen LogP contribution in [0.3, 0.4) is 0 Å². The van der Waals surface area contributed by atoms with Gasteiger partial charge in [-0.1, -0.05) is 0 Å². The number of carbonyl (C=O) groups excluding carboxylic acids is 1. The number of halogens is 1. The molecule has 0 aromatic carbocycles. The van der Waals surface area contributed by atoms with Crippen LogP contribution in [0, 0.1) is 12.7 Å². The highest BCUT2D eigenvalue weighted by Crippen LogP contribution is 2.29. The second kappa shape index (κ2) is 7.13. The topological polar surface area (TPSA) is 80.7 Å². The van der Waals surface area contributed by atoms with Crippen molar-refractivity contribution in [3.05, 3.63) is 17.7 Å². The normalized spacial score (nSPS) is 15.2. The van der Waals surface area contributed by atoms with Gasteiger partial charge in [-0.15, -0.1) is 0 Å². The molecule has 8 nitrogen and oxygen atoms in total. The zero-order valence-electron chi connectivity index (χ0n) is 16.2. The summed E-state index contributed by atoms with van der Waals surface area (Å²) in [4.78, 5) is 28.5. The third-order valence-electron chi connectivity index (χ3n) is 4.23. The van der Waals surface area contributed by atoms with Gasteiger partial charge in [-0.05, 0) is 27.7 Å². The molecule has 0 bridgehead atoms. The zero-order valence-corrected chi connectivity index (χ0v) is 16.2.